The molecule has 1 heterocycles. The van der Waals surface area contributed by atoms with E-state index in [4.69, 9.17) is 10.8 Å². The molecule has 0 atom stereocenters. The van der Waals surface area contributed by atoms with Crippen LogP contribution in [-0.4, -0.2) is 15.6 Å². The van der Waals surface area contributed by atoms with Gasteiger partial charge in [0.25, 0.3) is 0 Å². The molecule has 3 N–H and O–H groups in total. The van der Waals surface area contributed by atoms with Gasteiger partial charge in [-0.3, -0.25) is 0 Å². The lowest BCUT2D eigenvalue weighted by molar-refractivity contribution is 0.0683. The minimum atomic E-state index is -0.944. The normalized spacial score (nSPS) is 10.6. The lowest BCUT2D eigenvalue weighted by atomic mass is 10.3. The van der Waals surface area contributed by atoms with Gasteiger partial charge in [-0.15, -0.1) is 0 Å². The van der Waals surface area contributed by atoms with Gasteiger partial charge in [0.15, 0.2) is 0 Å². The van der Waals surface area contributed by atoms with E-state index < -0.39 is 5.97 Å². The summed E-state index contributed by atoms with van der Waals surface area (Å²) in [6.45, 7) is 3.82. The Labute approximate surface area is 70.6 Å². The third-order valence-corrected chi connectivity index (χ3v) is 1.65. The standard InChI is InChI=1S/C8H12N2O2/c1-5(2)10-4-6(9)3-7(10)8(11)12/h3-5H,9H2,1-2H3,(H,11,12). The predicted molar refractivity (Wildman–Crippen MR) is 46.2 cm³/mol. The van der Waals surface area contributed by atoms with Gasteiger partial charge < -0.3 is 15.4 Å². The van der Waals surface area contributed by atoms with Gasteiger partial charge in [-0.05, 0) is 19.9 Å². The summed E-state index contributed by atoms with van der Waals surface area (Å²) in [6.07, 6.45) is 1.63. The fraction of sp³-hybridized carbons (Fsp3) is 0.375. The van der Waals surface area contributed by atoms with Crippen molar-refractivity contribution in [2.45, 2.75) is 19.9 Å². The fourth-order valence-electron chi connectivity index (χ4n) is 1.10. The van der Waals surface area contributed by atoms with E-state index in [1.54, 1.807) is 10.8 Å². The van der Waals surface area contributed by atoms with Crippen molar-refractivity contribution in [1.82, 2.24) is 4.57 Å². The minimum Gasteiger partial charge on any atom is -0.477 e. The molecule has 12 heavy (non-hydrogen) atoms. The van der Waals surface area contributed by atoms with Crippen LogP contribution >= 0.6 is 0 Å². The summed E-state index contributed by atoms with van der Waals surface area (Å²) in [4.78, 5) is 10.7. The smallest absolute Gasteiger partial charge is 0.352 e. The highest BCUT2D eigenvalue weighted by Crippen LogP contribution is 2.15. The molecule has 1 aromatic heterocycles. The summed E-state index contributed by atoms with van der Waals surface area (Å²) in [7, 11) is 0. The second-order valence-electron chi connectivity index (χ2n) is 2.96. The third kappa shape index (κ3) is 1.42. The second kappa shape index (κ2) is 2.89. The molecule has 0 aliphatic rings. The third-order valence-electron chi connectivity index (χ3n) is 1.65. The van der Waals surface area contributed by atoms with Crippen molar-refractivity contribution >= 4 is 11.7 Å². The van der Waals surface area contributed by atoms with Crippen molar-refractivity contribution in [3.05, 3.63) is 18.0 Å². The Morgan fingerprint density at radius 3 is 2.58 bits per heavy atom. The van der Waals surface area contributed by atoms with E-state index in [2.05, 4.69) is 0 Å². The van der Waals surface area contributed by atoms with E-state index in [9.17, 15) is 4.79 Å². The average molecular weight is 168 g/mol. The first-order valence-electron chi connectivity index (χ1n) is 3.73. The Bertz CT molecular complexity index is 302. The molecule has 0 fully saturated rings. The zero-order valence-corrected chi connectivity index (χ0v) is 7.11. The molecule has 1 aromatic rings. The number of hydrogen-bond donors (Lipinski definition) is 2. The minimum absolute atomic E-state index is 0.119. The maximum atomic E-state index is 10.7. The number of carbonyl (C=O) groups is 1. The molecular formula is C8H12N2O2. The first-order chi connectivity index (χ1) is 5.52. The van der Waals surface area contributed by atoms with Gasteiger partial charge in [-0.2, -0.15) is 0 Å². The summed E-state index contributed by atoms with van der Waals surface area (Å²) in [6, 6.07) is 1.58. The molecule has 1 rings (SSSR count). The molecular weight excluding hydrogens is 156 g/mol. The van der Waals surface area contributed by atoms with E-state index in [1.165, 1.54) is 6.07 Å². The number of hydrogen-bond acceptors (Lipinski definition) is 2. The van der Waals surface area contributed by atoms with Gasteiger partial charge >= 0.3 is 5.97 Å². The number of anilines is 1. The largest absolute Gasteiger partial charge is 0.477 e. The number of nitrogen functional groups attached to an aromatic ring is 1. The molecule has 0 unspecified atom stereocenters. The highest BCUT2D eigenvalue weighted by atomic mass is 16.4. The Kier molecular flexibility index (Phi) is 2.08. The number of nitrogens with two attached hydrogens (primary N) is 1. The lowest BCUT2D eigenvalue weighted by Gasteiger charge is -2.08. The van der Waals surface area contributed by atoms with E-state index in [-0.39, 0.29) is 11.7 Å². The Hall–Kier alpha value is -1.45. The van der Waals surface area contributed by atoms with Gasteiger partial charge in [-0.1, -0.05) is 0 Å². The maximum Gasteiger partial charge on any atom is 0.352 e. The van der Waals surface area contributed by atoms with Crippen molar-refractivity contribution in [3.63, 3.8) is 0 Å². The van der Waals surface area contributed by atoms with Crippen LogP contribution in [0.4, 0.5) is 5.69 Å². The van der Waals surface area contributed by atoms with Crippen LogP contribution in [0.1, 0.15) is 30.4 Å². The van der Waals surface area contributed by atoms with Gasteiger partial charge in [0, 0.05) is 12.2 Å². The fourth-order valence-corrected chi connectivity index (χ4v) is 1.10. The van der Waals surface area contributed by atoms with E-state index in [0.29, 0.717) is 5.69 Å². The van der Waals surface area contributed by atoms with Gasteiger partial charge in [0.05, 0.1) is 5.69 Å². The van der Waals surface area contributed by atoms with Gasteiger partial charge in [-0.25, -0.2) is 4.79 Å². The Balaban J connectivity index is 3.17. The van der Waals surface area contributed by atoms with Crippen LogP contribution in [0, 0.1) is 0 Å². The van der Waals surface area contributed by atoms with E-state index in [0.717, 1.165) is 0 Å². The summed E-state index contributed by atoms with van der Waals surface area (Å²) in [5.74, 6) is -0.944. The Morgan fingerprint density at radius 1 is 1.67 bits per heavy atom. The molecule has 0 aliphatic carbocycles. The lowest BCUT2D eigenvalue weighted by Crippen LogP contribution is -2.09. The van der Waals surface area contributed by atoms with Crippen molar-refractivity contribution in [2.24, 2.45) is 0 Å². The number of aromatic carboxylic acids is 1. The summed E-state index contributed by atoms with van der Waals surface area (Å²) in [5, 5.41) is 8.75. The van der Waals surface area contributed by atoms with E-state index in [1.807, 2.05) is 13.8 Å². The zero-order chi connectivity index (χ0) is 9.30. The van der Waals surface area contributed by atoms with Crippen LogP contribution < -0.4 is 5.73 Å². The highest BCUT2D eigenvalue weighted by molar-refractivity contribution is 5.87. The van der Waals surface area contributed by atoms with Crippen molar-refractivity contribution in [2.75, 3.05) is 5.73 Å². The quantitative estimate of drug-likeness (QED) is 0.700. The van der Waals surface area contributed by atoms with Crippen molar-refractivity contribution < 1.29 is 9.90 Å². The molecule has 0 saturated heterocycles. The van der Waals surface area contributed by atoms with Gasteiger partial charge in [0.1, 0.15) is 5.69 Å². The molecule has 66 valence electrons. The monoisotopic (exact) mass is 168 g/mol. The second-order valence-corrected chi connectivity index (χ2v) is 2.96. The van der Waals surface area contributed by atoms with Crippen LogP contribution in [0.25, 0.3) is 0 Å². The molecule has 0 radical (unpaired) electrons. The number of nitrogens with zero attached hydrogens (tertiary/aromatic N) is 1. The number of carboxylic acids is 1. The molecule has 4 nitrogen and oxygen atoms in total. The van der Waals surface area contributed by atoms with E-state index >= 15 is 0 Å². The number of aromatic nitrogens is 1. The van der Waals surface area contributed by atoms with Gasteiger partial charge in [0.2, 0.25) is 0 Å². The topological polar surface area (TPSA) is 68.2 Å². The molecule has 0 aromatic carbocycles. The molecule has 0 bridgehead atoms. The van der Waals surface area contributed by atoms with Crippen molar-refractivity contribution in [3.8, 4) is 0 Å². The summed E-state index contributed by atoms with van der Waals surface area (Å²) < 4.78 is 1.64. The predicted octanol–water partition coefficient (Wildman–Crippen LogP) is 1.35. The van der Waals surface area contributed by atoms with Crippen LogP contribution in [0.15, 0.2) is 12.3 Å². The first-order valence-corrected chi connectivity index (χ1v) is 3.73. The SMILES string of the molecule is CC(C)n1cc(N)cc1C(=O)O. The van der Waals surface area contributed by atoms with Crippen LogP contribution in [0.3, 0.4) is 0 Å². The Morgan fingerprint density at radius 2 is 2.25 bits per heavy atom. The average Bonchev–Trinajstić information content (AvgIpc) is 2.31. The molecule has 0 spiro atoms. The molecule has 0 amide bonds. The van der Waals surface area contributed by atoms with Crippen LogP contribution in [0.5, 0.6) is 0 Å². The van der Waals surface area contributed by atoms with Crippen molar-refractivity contribution in [1.29, 1.82) is 0 Å². The molecule has 0 saturated carbocycles. The maximum absolute atomic E-state index is 10.7. The molecule has 4 heteroatoms. The number of carboxylic acid groups (broad SMARTS) is 1. The zero-order valence-electron chi connectivity index (χ0n) is 7.11. The highest BCUT2D eigenvalue weighted by Gasteiger charge is 2.12. The van der Waals surface area contributed by atoms with Crippen LogP contribution in [-0.2, 0) is 0 Å². The number of rotatable bonds is 2. The molecule has 0 aliphatic heterocycles. The summed E-state index contributed by atoms with van der Waals surface area (Å²) >= 11 is 0. The van der Waals surface area contributed by atoms with Crippen LogP contribution in [0.2, 0.25) is 0 Å². The summed E-state index contributed by atoms with van der Waals surface area (Å²) in [5.41, 5.74) is 6.20. The first kappa shape index (κ1) is 8.64.